The van der Waals surface area contributed by atoms with Crippen LogP contribution in [0.25, 0.3) is 5.83 Å². The first-order chi connectivity index (χ1) is 18.1. The number of nitrogens with zero attached hydrogens (tertiary/aromatic N) is 1. The number of carbonyl (C=O) groups is 2. The maximum absolute atomic E-state index is 14.9. The highest BCUT2D eigenvalue weighted by molar-refractivity contribution is 6.35. The van der Waals surface area contributed by atoms with E-state index in [9.17, 15) is 57.9 Å². The van der Waals surface area contributed by atoms with E-state index in [4.69, 9.17) is 23.2 Å². The summed E-state index contributed by atoms with van der Waals surface area (Å²) in [5.41, 5.74) is -4.89. The monoisotopic (exact) mass is 630 g/mol. The molecule has 0 spiro atoms. The fourth-order valence-corrected chi connectivity index (χ4v) is 3.75. The van der Waals surface area contributed by atoms with Crippen LogP contribution < -0.4 is 5.32 Å². The summed E-state index contributed by atoms with van der Waals surface area (Å²) in [5, 5.41) is 0.0446. The van der Waals surface area contributed by atoms with Gasteiger partial charge in [-0.2, -0.15) is 39.5 Å². The molecule has 0 radical (unpaired) electrons. The van der Waals surface area contributed by atoms with Gasteiger partial charge in [0, 0.05) is 12.6 Å². The van der Waals surface area contributed by atoms with Gasteiger partial charge in [0.2, 0.25) is 5.91 Å². The smallest absolute Gasteiger partial charge is 0.343 e. The number of hydrogen-bond acceptors (Lipinski definition) is 2. The first-order valence-corrected chi connectivity index (χ1v) is 11.3. The predicted molar refractivity (Wildman–Crippen MR) is 122 cm³/mol. The maximum atomic E-state index is 14.9. The molecule has 0 saturated carbocycles. The van der Waals surface area contributed by atoms with Crippen LogP contribution >= 0.6 is 23.2 Å². The molecule has 0 aliphatic rings. The first kappa shape index (κ1) is 33.1. The zero-order chi connectivity index (χ0) is 30.8. The molecule has 0 aromatic heterocycles. The van der Waals surface area contributed by atoms with E-state index in [1.807, 2.05) is 0 Å². The molecule has 2 amide bonds. The molecule has 1 unspecified atom stereocenters. The zero-order valence-electron chi connectivity index (χ0n) is 19.6. The quantitative estimate of drug-likeness (QED) is 0.254. The van der Waals surface area contributed by atoms with Gasteiger partial charge in [0.15, 0.2) is 5.82 Å². The minimum Gasteiger partial charge on any atom is -0.343 e. The van der Waals surface area contributed by atoms with Gasteiger partial charge in [0.1, 0.15) is 18.3 Å². The lowest BCUT2D eigenvalue weighted by atomic mass is 9.95. The highest BCUT2D eigenvalue weighted by Crippen LogP contribution is 2.41. The van der Waals surface area contributed by atoms with E-state index in [0.717, 1.165) is 7.05 Å². The van der Waals surface area contributed by atoms with Gasteiger partial charge in [0.25, 0.3) is 5.91 Å². The van der Waals surface area contributed by atoms with Crippen LogP contribution in [0.2, 0.25) is 10.0 Å². The minimum absolute atomic E-state index is 0.0242. The van der Waals surface area contributed by atoms with Crippen molar-refractivity contribution in [3.63, 3.8) is 0 Å². The molecule has 0 heterocycles. The lowest BCUT2D eigenvalue weighted by Gasteiger charge is -2.20. The predicted octanol–water partition coefficient (Wildman–Crippen LogP) is 7.56. The summed E-state index contributed by atoms with van der Waals surface area (Å²) in [6, 6.07) is 1.97. The average Bonchev–Trinajstić information content (AvgIpc) is 2.80. The Morgan fingerprint density at radius 3 is 2.00 bits per heavy atom. The summed E-state index contributed by atoms with van der Waals surface area (Å²) in [5.74, 6) is -8.79. The Balaban J connectivity index is 2.42. The van der Waals surface area contributed by atoms with Gasteiger partial charge >= 0.3 is 18.5 Å². The van der Waals surface area contributed by atoms with Gasteiger partial charge in [0.05, 0.1) is 27.7 Å². The summed E-state index contributed by atoms with van der Waals surface area (Å²) >= 11 is 11.0. The number of benzene rings is 2. The van der Waals surface area contributed by atoms with Crippen molar-refractivity contribution in [1.82, 2.24) is 10.2 Å². The van der Waals surface area contributed by atoms with E-state index in [2.05, 4.69) is 0 Å². The fraction of sp³-hybridized carbons (Fsp3) is 0.304. The lowest BCUT2D eigenvalue weighted by Crippen LogP contribution is -2.42. The Bertz CT molecular complexity index is 1280. The van der Waals surface area contributed by atoms with Crippen molar-refractivity contribution in [2.24, 2.45) is 0 Å². The molecule has 0 aliphatic heterocycles. The normalized spacial score (nSPS) is 13.7. The van der Waals surface area contributed by atoms with Crippen molar-refractivity contribution >= 4 is 40.8 Å². The molecule has 0 fully saturated rings. The lowest BCUT2D eigenvalue weighted by molar-refractivity contribution is -0.157. The molecule has 220 valence electrons. The minimum atomic E-state index is -5.36. The molecule has 2 rings (SSSR count). The number of carbonyl (C=O) groups excluding carboxylic acids is 2. The second-order valence-corrected chi connectivity index (χ2v) is 8.95. The van der Waals surface area contributed by atoms with Gasteiger partial charge in [-0.15, -0.1) is 0 Å². The van der Waals surface area contributed by atoms with Crippen molar-refractivity contribution in [1.29, 1.82) is 0 Å². The molecular weight excluding hydrogens is 616 g/mol. The highest BCUT2D eigenvalue weighted by Gasteiger charge is 2.41. The Kier molecular flexibility index (Phi) is 10.1. The third-order valence-electron chi connectivity index (χ3n) is 5.12. The van der Waals surface area contributed by atoms with Crippen LogP contribution in [0.3, 0.4) is 0 Å². The molecule has 1 atom stereocenters. The van der Waals surface area contributed by atoms with Crippen molar-refractivity contribution in [2.45, 2.75) is 24.4 Å². The van der Waals surface area contributed by atoms with E-state index >= 15 is 0 Å². The molecule has 40 heavy (non-hydrogen) atoms. The number of allylic oxidation sites excluding steroid dienone is 1. The van der Waals surface area contributed by atoms with Crippen LogP contribution in [-0.2, 0) is 11.0 Å². The van der Waals surface area contributed by atoms with Gasteiger partial charge in [-0.05, 0) is 35.9 Å². The van der Waals surface area contributed by atoms with E-state index < -0.39 is 93.3 Å². The van der Waals surface area contributed by atoms with Crippen LogP contribution in [0.15, 0.2) is 36.4 Å². The Labute approximate surface area is 228 Å². The molecule has 1 N–H and O–H groups in total. The topological polar surface area (TPSA) is 49.4 Å². The fourth-order valence-electron chi connectivity index (χ4n) is 3.25. The van der Waals surface area contributed by atoms with Crippen LogP contribution in [0.4, 0.5) is 48.3 Å². The Morgan fingerprint density at radius 2 is 1.52 bits per heavy atom. The standard InChI is InChI=1S/C23H15Cl2F11N2O2/c1-38(9-21(28,29)30)18(39)8-37-20(40)12-3-2-10(4-14(12)23(34,35)36)17(26)7-13(22(31,32)33)11-5-15(24)19(27)16(25)6-11/h2-7,13H,8-9H2,1H3,(H,37,40)/b17-7-. The largest absolute Gasteiger partial charge is 0.417 e. The molecule has 0 saturated heterocycles. The molecular formula is C23H15Cl2F11N2O2. The Hall–Kier alpha value is -3.07. The highest BCUT2D eigenvalue weighted by atomic mass is 35.5. The maximum Gasteiger partial charge on any atom is 0.417 e. The second kappa shape index (κ2) is 12.2. The van der Waals surface area contributed by atoms with Crippen molar-refractivity contribution in [3.8, 4) is 0 Å². The van der Waals surface area contributed by atoms with Gasteiger partial charge in [-0.3, -0.25) is 9.59 Å². The van der Waals surface area contributed by atoms with E-state index in [-0.39, 0.29) is 17.0 Å². The van der Waals surface area contributed by atoms with E-state index in [0.29, 0.717) is 24.3 Å². The number of nitrogens with one attached hydrogen (secondary N) is 1. The van der Waals surface area contributed by atoms with Gasteiger partial charge < -0.3 is 10.2 Å². The second-order valence-electron chi connectivity index (χ2n) is 8.14. The Morgan fingerprint density at radius 1 is 0.975 bits per heavy atom. The number of rotatable bonds is 7. The number of alkyl halides is 9. The van der Waals surface area contributed by atoms with Crippen molar-refractivity contribution in [3.05, 3.63) is 74.5 Å². The number of halogens is 13. The molecule has 2 aromatic rings. The summed E-state index contributed by atoms with van der Waals surface area (Å²) in [6.45, 7) is -2.83. The number of hydrogen-bond donors (Lipinski definition) is 1. The van der Waals surface area contributed by atoms with Crippen molar-refractivity contribution < 1.29 is 57.9 Å². The number of likely N-dealkylation sites (N-methyl/N-ethyl adjacent to an activating group) is 1. The van der Waals surface area contributed by atoms with Gasteiger partial charge in [-0.25, -0.2) is 8.78 Å². The van der Waals surface area contributed by atoms with Crippen LogP contribution in [0.5, 0.6) is 0 Å². The molecule has 2 aromatic carbocycles. The molecule has 0 bridgehead atoms. The van der Waals surface area contributed by atoms with E-state index in [1.54, 1.807) is 5.32 Å². The van der Waals surface area contributed by atoms with Crippen molar-refractivity contribution in [2.75, 3.05) is 20.1 Å². The average molecular weight is 631 g/mol. The van der Waals surface area contributed by atoms with E-state index in [1.165, 1.54) is 0 Å². The third kappa shape index (κ3) is 8.71. The summed E-state index contributed by atoms with van der Waals surface area (Å²) < 4.78 is 148. The zero-order valence-corrected chi connectivity index (χ0v) is 21.1. The summed E-state index contributed by atoms with van der Waals surface area (Å²) in [6.07, 6.45) is -15.5. The summed E-state index contributed by atoms with van der Waals surface area (Å²) in [4.78, 5) is 24.2. The van der Waals surface area contributed by atoms with Gasteiger partial charge in [-0.1, -0.05) is 29.3 Å². The SMILES string of the molecule is CN(CC(F)(F)F)C(=O)CNC(=O)c1ccc(/C(F)=C/C(c2cc(Cl)c(F)c(Cl)c2)C(F)(F)F)cc1C(F)(F)F. The molecule has 4 nitrogen and oxygen atoms in total. The van der Waals surface area contributed by atoms with Crippen LogP contribution in [-0.4, -0.2) is 49.2 Å². The first-order valence-electron chi connectivity index (χ1n) is 10.5. The molecule has 0 aliphatic carbocycles. The molecule has 17 heteroatoms. The summed E-state index contributed by atoms with van der Waals surface area (Å²) in [7, 11) is 0.731. The van der Waals surface area contributed by atoms with Crippen LogP contribution in [0, 0.1) is 5.82 Å². The number of amides is 2. The van der Waals surface area contributed by atoms with Crippen LogP contribution in [0.1, 0.15) is 33.0 Å². The third-order valence-corrected chi connectivity index (χ3v) is 5.67.